The van der Waals surface area contributed by atoms with Crippen LogP contribution in [0.5, 0.6) is 0 Å². The van der Waals surface area contributed by atoms with E-state index in [1.807, 2.05) is 4.90 Å². The lowest BCUT2D eigenvalue weighted by molar-refractivity contribution is -0.134. The van der Waals surface area contributed by atoms with Crippen LogP contribution >= 0.6 is 12.4 Å². The van der Waals surface area contributed by atoms with Crippen molar-refractivity contribution >= 4 is 18.3 Å². The van der Waals surface area contributed by atoms with Gasteiger partial charge in [0.15, 0.2) is 11.6 Å². The van der Waals surface area contributed by atoms with E-state index in [2.05, 4.69) is 6.92 Å². The van der Waals surface area contributed by atoms with E-state index >= 15 is 0 Å². The van der Waals surface area contributed by atoms with Gasteiger partial charge in [-0.25, -0.2) is 8.78 Å². The van der Waals surface area contributed by atoms with E-state index in [4.69, 9.17) is 5.73 Å². The van der Waals surface area contributed by atoms with Gasteiger partial charge in [-0.05, 0) is 54.8 Å². The molecule has 1 aromatic carbocycles. The summed E-state index contributed by atoms with van der Waals surface area (Å²) in [4.78, 5) is 14.4. The highest BCUT2D eigenvalue weighted by atomic mass is 35.5. The van der Waals surface area contributed by atoms with Crippen LogP contribution in [0.25, 0.3) is 0 Å². The Morgan fingerprint density at radius 3 is 2.52 bits per heavy atom. The minimum absolute atomic E-state index is 0. The predicted molar refractivity (Wildman–Crippen MR) is 87.4 cm³/mol. The second-order valence-electron chi connectivity index (χ2n) is 6.96. The van der Waals surface area contributed by atoms with Gasteiger partial charge in [-0.1, -0.05) is 13.0 Å². The van der Waals surface area contributed by atoms with Gasteiger partial charge in [-0.2, -0.15) is 0 Å². The summed E-state index contributed by atoms with van der Waals surface area (Å²) in [5.74, 6) is -1.58. The number of rotatable bonds is 3. The second-order valence-corrected chi connectivity index (χ2v) is 6.96. The van der Waals surface area contributed by atoms with Gasteiger partial charge in [0.2, 0.25) is 5.91 Å². The molecule has 0 spiro atoms. The van der Waals surface area contributed by atoms with Gasteiger partial charge in [0.25, 0.3) is 0 Å². The molecule has 1 saturated carbocycles. The summed E-state index contributed by atoms with van der Waals surface area (Å²) < 4.78 is 26.3. The van der Waals surface area contributed by atoms with E-state index in [0.29, 0.717) is 6.54 Å². The molecule has 0 unspecified atom stereocenters. The van der Waals surface area contributed by atoms with Crippen molar-refractivity contribution in [2.75, 3.05) is 19.6 Å². The average molecular weight is 345 g/mol. The molecule has 2 atom stereocenters. The molecule has 3 nitrogen and oxygen atoms in total. The standard InChI is InChI=1S/C17H22F2N2O.ClH/c1-17(10-20)4-6-21(7-5-17)16(22)13-9-12(13)11-2-3-14(18)15(19)8-11;/h2-3,8,12-13H,4-7,9-10,20H2,1H3;1H/t12-,13+;/m0./s1. The number of hydrogen-bond donors (Lipinski definition) is 1. The maximum atomic E-state index is 13.3. The van der Waals surface area contributed by atoms with Crippen molar-refractivity contribution in [3.63, 3.8) is 0 Å². The first-order valence-electron chi connectivity index (χ1n) is 7.87. The zero-order valence-corrected chi connectivity index (χ0v) is 14.0. The van der Waals surface area contributed by atoms with Gasteiger partial charge in [-0.15, -0.1) is 12.4 Å². The van der Waals surface area contributed by atoms with Crippen LogP contribution in [-0.4, -0.2) is 30.4 Å². The van der Waals surface area contributed by atoms with E-state index in [-0.39, 0.29) is 35.6 Å². The van der Waals surface area contributed by atoms with Crippen LogP contribution in [0.4, 0.5) is 8.78 Å². The second kappa shape index (κ2) is 6.73. The Morgan fingerprint density at radius 2 is 1.96 bits per heavy atom. The summed E-state index contributed by atoms with van der Waals surface area (Å²) in [6, 6.07) is 3.94. The Hall–Kier alpha value is -1.20. The van der Waals surface area contributed by atoms with Crippen molar-refractivity contribution in [3.8, 4) is 0 Å². The molecule has 1 aromatic rings. The molecule has 1 aliphatic carbocycles. The van der Waals surface area contributed by atoms with Crippen molar-refractivity contribution in [3.05, 3.63) is 35.4 Å². The van der Waals surface area contributed by atoms with Crippen LogP contribution in [0.2, 0.25) is 0 Å². The summed E-state index contributed by atoms with van der Waals surface area (Å²) >= 11 is 0. The third kappa shape index (κ3) is 3.66. The fraction of sp³-hybridized carbons (Fsp3) is 0.588. The number of nitrogens with zero attached hydrogens (tertiary/aromatic N) is 1. The molecule has 0 bridgehead atoms. The molecule has 2 aliphatic rings. The largest absolute Gasteiger partial charge is 0.342 e. The Kier molecular flexibility index (Phi) is 5.31. The van der Waals surface area contributed by atoms with Crippen LogP contribution < -0.4 is 5.73 Å². The summed E-state index contributed by atoms with van der Waals surface area (Å²) in [5, 5.41) is 0. The first-order chi connectivity index (χ1) is 10.4. The molecule has 6 heteroatoms. The van der Waals surface area contributed by atoms with E-state index in [1.165, 1.54) is 6.07 Å². The fourth-order valence-electron chi connectivity index (χ4n) is 3.28. The van der Waals surface area contributed by atoms with Crippen molar-refractivity contribution in [2.45, 2.75) is 32.1 Å². The van der Waals surface area contributed by atoms with E-state index < -0.39 is 11.6 Å². The number of nitrogens with two attached hydrogens (primary N) is 1. The van der Waals surface area contributed by atoms with Crippen molar-refractivity contribution in [2.24, 2.45) is 17.1 Å². The number of benzene rings is 1. The highest BCUT2D eigenvalue weighted by Gasteiger charge is 2.46. The molecule has 0 radical (unpaired) electrons. The third-order valence-corrected chi connectivity index (χ3v) is 5.25. The smallest absolute Gasteiger partial charge is 0.226 e. The SMILES string of the molecule is CC1(CN)CCN(C(=O)[C@@H]2C[C@H]2c2ccc(F)c(F)c2)CC1.Cl. The normalized spacial score (nSPS) is 25.7. The molecular formula is C17H23ClF2N2O. The van der Waals surface area contributed by atoms with Crippen LogP contribution in [0.15, 0.2) is 18.2 Å². The molecule has 3 rings (SSSR count). The van der Waals surface area contributed by atoms with Gasteiger partial charge >= 0.3 is 0 Å². The lowest BCUT2D eigenvalue weighted by Crippen LogP contribution is -2.45. The van der Waals surface area contributed by atoms with Crippen LogP contribution in [0.3, 0.4) is 0 Å². The Labute approximate surface area is 141 Å². The number of amides is 1. The van der Waals surface area contributed by atoms with Crippen LogP contribution in [0.1, 0.15) is 37.7 Å². The first-order valence-corrected chi connectivity index (χ1v) is 7.87. The van der Waals surface area contributed by atoms with Crippen LogP contribution in [0, 0.1) is 23.0 Å². The Bertz CT molecular complexity index is 588. The van der Waals surface area contributed by atoms with Crippen molar-refractivity contribution < 1.29 is 13.6 Å². The van der Waals surface area contributed by atoms with Gasteiger partial charge in [0, 0.05) is 19.0 Å². The van der Waals surface area contributed by atoms with Crippen LogP contribution in [-0.2, 0) is 4.79 Å². The van der Waals surface area contributed by atoms with E-state index in [9.17, 15) is 13.6 Å². The maximum Gasteiger partial charge on any atom is 0.226 e. The van der Waals surface area contributed by atoms with E-state index in [0.717, 1.165) is 44.0 Å². The average Bonchev–Trinajstić information content (AvgIpc) is 3.31. The molecular weight excluding hydrogens is 322 g/mol. The lowest BCUT2D eigenvalue weighted by atomic mass is 9.80. The molecule has 23 heavy (non-hydrogen) atoms. The number of carbonyl (C=O) groups is 1. The zero-order valence-electron chi connectivity index (χ0n) is 13.2. The first kappa shape index (κ1) is 18.1. The zero-order chi connectivity index (χ0) is 15.9. The molecule has 128 valence electrons. The third-order valence-electron chi connectivity index (χ3n) is 5.25. The molecule has 1 amide bonds. The number of hydrogen-bond acceptors (Lipinski definition) is 2. The molecule has 1 aliphatic heterocycles. The molecule has 1 saturated heterocycles. The van der Waals surface area contributed by atoms with Crippen molar-refractivity contribution in [1.82, 2.24) is 4.90 Å². The molecule has 0 aromatic heterocycles. The minimum atomic E-state index is -0.843. The molecule has 2 fully saturated rings. The summed E-state index contributed by atoms with van der Waals surface area (Å²) in [5.41, 5.74) is 6.65. The highest BCUT2D eigenvalue weighted by Crippen LogP contribution is 2.49. The fourth-order valence-corrected chi connectivity index (χ4v) is 3.28. The number of halogens is 3. The number of carbonyl (C=O) groups excluding carboxylic acids is 1. The Morgan fingerprint density at radius 1 is 1.30 bits per heavy atom. The molecule has 2 N–H and O–H groups in total. The predicted octanol–water partition coefficient (Wildman–Crippen LogP) is 3.08. The maximum absolute atomic E-state index is 13.3. The monoisotopic (exact) mass is 344 g/mol. The number of piperidine rings is 1. The Balaban J connectivity index is 0.00000192. The number of likely N-dealkylation sites (tertiary alicyclic amines) is 1. The lowest BCUT2D eigenvalue weighted by Gasteiger charge is -2.38. The summed E-state index contributed by atoms with van der Waals surface area (Å²) in [6.07, 6.45) is 2.59. The van der Waals surface area contributed by atoms with Gasteiger partial charge in [0.1, 0.15) is 0 Å². The minimum Gasteiger partial charge on any atom is -0.342 e. The van der Waals surface area contributed by atoms with Gasteiger partial charge in [0.05, 0.1) is 0 Å². The quantitative estimate of drug-likeness (QED) is 0.916. The van der Waals surface area contributed by atoms with Crippen molar-refractivity contribution in [1.29, 1.82) is 0 Å². The summed E-state index contributed by atoms with van der Waals surface area (Å²) in [6.45, 7) is 4.30. The van der Waals surface area contributed by atoms with Gasteiger partial charge in [-0.3, -0.25) is 4.79 Å². The van der Waals surface area contributed by atoms with E-state index in [1.54, 1.807) is 6.07 Å². The summed E-state index contributed by atoms with van der Waals surface area (Å²) in [7, 11) is 0. The van der Waals surface area contributed by atoms with Gasteiger partial charge < -0.3 is 10.6 Å². The highest BCUT2D eigenvalue weighted by molar-refractivity contribution is 5.85. The topological polar surface area (TPSA) is 46.3 Å². The molecule has 1 heterocycles.